The quantitative estimate of drug-likeness (QED) is 0.830. The smallest absolute Gasteiger partial charge is 0.250 e. The number of hydrogen-bond donors (Lipinski definition) is 1. The van der Waals surface area contributed by atoms with E-state index >= 15 is 0 Å². The highest BCUT2D eigenvalue weighted by Crippen LogP contribution is 2.40. The summed E-state index contributed by atoms with van der Waals surface area (Å²) < 4.78 is 0.967. The number of nitrogens with zero attached hydrogens (tertiary/aromatic N) is 1. The van der Waals surface area contributed by atoms with Gasteiger partial charge in [-0.15, -0.1) is 11.3 Å². The molecule has 20 heavy (non-hydrogen) atoms. The van der Waals surface area contributed by atoms with Crippen molar-refractivity contribution in [2.75, 3.05) is 5.32 Å². The fourth-order valence-corrected chi connectivity index (χ4v) is 3.05. The van der Waals surface area contributed by atoms with Crippen LogP contribution in [0.1, 0.15) is 30.0 Å². The molecule has 1 heterocycles. The number of nitrogens with one attached hydrogen (secondary N) is 1. The molecule has 1 amide bonds. The number of thiazole rings is 1. The fraction of sp³-hybridized carbons (Fsp3) is 0.200. The molecule has 0 radical (unpaired) electrons. The van der Waals surface area contributed by atoms with Crippen molar-refractivity contribution < 1.29 is 4.79 Å². The van der Waals surface area contributed by atoms with Crippen LogP contribution in [0.15, 0.2) is 40.2 Å². The maximum atomic E-state index is 11.8. The summed E-state index contributed by atoms with van der Waals surface area (Å²) in [6, 6.07) is 7.77. The van der Waals surface area contributed by atoms with E-state index in [2.05, 4.69) is 26.2 Å². The van der Waals surface area contributed by atoms with Crippen LogP contribution in [0.2, 0.25) is 0 Å². The number of carbonyl (C=O) groups excluding carboxylic acids is 1. The molecule has 3 rings (SSSR count). The van der Waals surface area contributed by atoms with Gasteiger partial charge in [-0.05, 0) is 30.5 Å². The van der Waals surface area contributed by atoms with Gasteiger partial charge in [0.1, 0.15) is 0 Å². The van der Waals surface area contributed by atoms with Crippen molar-refractivity contribution in [3.8, 4) is 0 Å². The molecule has 0 bridgehead atoms. The first-order valence-electron chi connectivity index (χ1n) is 6.41. The minimum absolute atomic E-state index is 0.155. The Bertz CT molecular complexity index is 661. The van der Waals surface area contributed by atoms with E-state index in [-0.39, 0.29) is 5.91 Å². The van der Waals surface area contributed by atoms with Crippen LogP contribution in [0.4, 0.5) is 5.13 Å². The number of anilines is 1. The molecule has 0 spiro atoms. The van der Waals surface area contributed by atoms with Gasteiger partial charge in [-0.3, -0.25) is 10.1 Å². The first-order chi connectivity index (χ1) is 9.72. The molecular weight excluding hydrogens is 336 g/mol. The second kappa shape index (κ2) is 5.89. The maximum absolute atomic E-state index is 11.8. The lowest BCUT2D eigenvalue weighted by Crippen LogP contribution is -2.07. The molecule has 0 atom stereocenters. The topological polar surface area (TPSA) is 42.0 Å². The van der Waals surface area contributed by atoms with E-state index in [0.29, 0.717) is 11.0 Å². The van der Waals surface area contributed by atoms with E-state index in [1.165, 1.54) is 30.3 Å². The normalized spacial score (nSPS) is 14.7. The third kappa shape index (κ3) is 3.35. The molecule has 1 aliphatic carbocycles. The summed E-state index contributed by atoms with van der Waals surface area (Å²) in [4.78, 5) is 16.3. The number of benzene rings is 1. The Kier molecular flexibility index (Phi) is 3.98. The van der Waals surface area contributed by atoms with E-state index in [1.54, 1.807) is 6.08 Å². The molecule has 1 fully saturated rings. The Hall–Kier alpha value is -1.46. The lowest BCUT2D eigenvalue weighted by molar-refractivity contribution is -0.111. The second-order valence-electron chi connectivity index (χ2n) is 4.70. The summed E-state index contributed by atoms with van der Waals surface area (Å²) in [5, 5.41) is 5.51. The largest absolute Gasteiger partial charge is 0.298 e. The highest BCUT2D eigenvalue weighted by atomic mass is 79.9. The van der Waals surface area contributed by atoms with Gasteiger partial charge in [0.25, 0.3) is 0 Å². The number of halogens is 1. The lowest BCUT2D eigenvalue weighted by Gasteiger charge is -1.98. The number of rotatable bonds is 4. The summed E-state index contributed by atoms with van der Waals surface area (Å²) in [5.74, 6) is 0.463. The second-order valence-corrected chi connectivity index (χ2v) is 6.41. The lowest BCUT2D eigenvalue weighted by atomic mass is 10.2. The number of aromatic nitrogens is 1. The zero-order chi connectivity index (χ0) is 13.9. The molecule has 102 valence electrons. The van der Waals surface area contributed by atoms with Crippen molar-refractivity contribution in [1.82, 2.24) is 4.98 Å². The number of hydrogen-bond acceptors (Lipinski definition) is 3. The first-order valence-corrected chi connectivity index (χ1v) is 8.08. The Labute approximate surface area is 129 Å². The van der Waals surface area contributed by atoms with Crippen LogP contribution in [-0.2, 0) is 4.79 Å². The molecule has 0 aliphatic heterocycles. The summed E-state index contributed by atoms with van der Waals surface area (Å²) in [7, 11) is 0. The van der Waals surface area contributed by atoms with Gasteiger partial charge >= 0.3 is 0 Å². The third-order valence-electron chi connectivity index (χ3n) is 3.07. The number of amides is 1. The van der Waals surface area contributed by atoms with Crippen molar-refractivity contribution in [2.45, 2.75) is 18.8 Å². The predicted molar refractivity (Wildman–Crippen MR) is 85.9 cm³/mol. The fourth-order valence-electron chi connectivity index (χ4n) is 1.83. The first kappa shape index (κ1) is 13.5. The molecule has 2 aromatic rings. The van der Waals surface area contributed by atoms with Gasteiger partial charge in [-0.25, -0.2) is 4.98 Å². The standard InChI is InChI=1S/C15H13BrN2OS/c16-12-4-2-1-3-10(12)7-8-14(19)18-15-17-13(9-20-15)11-5-6-11/h1-4,7-9,11H,5-6H2,(H,17,18,19). The van der Waals surface area contributed by atoms with Gasteiger partial charge in [0.05, 0.1) is 5.69 Å². The van der Waals surface area contributed by atoms with Crippen LogP contribution in [0.5, 0.6) is 0 Å². The van der Waals surface area contributed by atoms with Crippen molar-refractivity contribution >= 4 is 44.4 Å². The predicted octanol–water partition coefficient (Wildman–Crippen LogP) is 4.43. The number of carbonyl (C=O) groups is 1. The third-order valence-corrected chi connectivity index (χ3v) is 4.57. The molecule has 1 aromatic heterocycles. The summed E-state index contributed by atoms with van der Waals surface area (Å²) >= 11 is 4.93. The van der Waals surface area contributed by atoms with Crippen molar-refractivity contribution in [3.63, 3.8) is 0 Å². The Morgan fingerprint density at radius 2 is 2.20 bits per heavy atom. The molecule has 0 saturated heterocycles. The van der Waals surface area contributed by atoms with Gasteiger partial charge in [0.15, 0.2) is 5.13 Å². The van der Waals surface area contributed by atoms with Crippen LogP contribution in [0.25, 0.3) is 6.08 Å². The van der Waals surface area contributed by atoms with Crippen LogP contribution >= 0.6 is 27.3 Å². The van der Waals surface area contributed by atoms with Gasteiger partial charge in [0, 0.05) is 21.8 Å². The molecular formula is C15H13BrN2OS. The van der Waals surface area contributed by atoms with E-state index in [4.69, 9.17) is 0 Å². The molecule has 1 saturated carbocycles. The summed E-state index contributed by atoms with van der Waals surface area (Å²) in [5.41, 5.74) is 2.08. The molecule has 1 N–H and O–H groups in total. The SMILES string of the molecule is O=C(C=Cc1ccccc1Br)Nc1nc(C2CC2)cs1. The summed E-state index contributed by atoms with van der Waals surface area (Å²) in [6.07, 6.45) is 5.76. The Morgan fingerprint density at radius 1 is 1.40 bits per heavy atom. The summed E-state index contributed by atoms with van der Waals surface area (Å²) in [6.45, 7) is 0. The van der Waals surface area contributed by atoms with Gasteiger partial charge in [-0.2, -0.15) is 0 Å². The average Bonchev–Trinajstić information content (AvgIpc) is 3.19. The average molecular weight is 349 g/mol. The maximum Gasteiger partial charge on any atom is 0.250 e. The van der Waals surface area contributed by atoms with Gasteiger partial charge in [0.2, 0.25) is 5.91 Å². The van der Waals surface area contributed by atoms with Crippen LogP contribution in [-0.4, -0.2) is 10.9 Å². The minimum atomic E-state index is -0.155. The zero-order valence-electron chi connectivity index (χ0n) is 10.7. The van der Waals surface area contributed by atoms with Crippen molar-refractivity contribution in [2.24, 2.45) is 0 Å². The monoisotopic (exact) mass is 348 g/mol. The van der Waals surface area contributed by atoms with E-state index in [0.717, 1.165) is 15.7 Å². The molecule has 5 heteroatoms. The highest BCUT2D eigenvalue weighted by molar-refractivity contribution is 9.10. The van der Waals surface area contributed by atoms with Crippen molar-refractivity contribution in [1.29, 1.82) is 0 Å². The van der Waals surface area contributed by atoms with E-state index in [1.807, 2.05) is 29.6 Å². The van der Waals surface area contributed by atoms with Gasteiger partial charge < -0.3 is 0 Å². The minimum Gasteiger partial charge on any atom is -0.298 e. The highest BCUT2D eigenvalue weighted by Gasteiger charge is 2.26. The van der Waals surface area contributed by atoms with Crippen molar-refractivity contribution in [3.05, 3.63) is 51.5 Å². The van der Waals surface area contributed by atoms with Crippen LogP contribution in [0, 0.1) is 0 Å². The molecule has 3 nitrogen and oxygen atoms in total. The van der Waals surface area contributed by atoms with E-state index in [9.17, 15) is 4.79 Å². The zero-order valence-corrected chi connectivity index (χ0v) is 13.1. The van der Waals surface area contributed by atoms with E-state index < -0.39 is 0 Å². The van der Waals surface area contributed by atoms with Crippen LogP contribution in [0.3, 0.4) is 0 Å². The van der Waals surface area contributed by atoms with Crippen LogP contribution < -0.4 is 5.32 Å². The molecule has 1 aromatic carbocycles. The Morgan fingerprint density at radius 3 is 2.95 bits per heavy atom. The molecule has 1 aliphatic rings. The van der Waals surface area contributed by atoms with Gasteiger partial charge in [-0.1, -0.05) is 34.1 Å². The molecule has 0 unspecified atom stereocenters. The Balaban J connectivity index is 1.62.